The van der Waals surface area contributed by atoms with Crippen molar-refractivity contribution in [2.24, 2.45) is 5.10 Å². The van der Waals surface area contributed by atoms with Crippen LogP contribution in [0.1, 0.15) is 5.56 Å². The molecular weight excluding hydrogens is 409 g/mol. The molecule has 0 saturated heterocycles. The quantitative estimate of drug-likeness (QED) is 0.255. The molecule has 4 aromatic rings. The molecule has 0 unspecified atom stereocenters. The Morgan fingerprint density at radius 2 is 1.65 bits per heavy atom. The third-order valence-electron chi connectivity index (χ3n) is 4.63. The van der Waals surface area contributed by atoms with Crippen LogP contribution in [-0.2, 0) is 6.54 Å². The number of imidazole rings is 1. The second-order valence-electron chi connectivity index (χ2n) is 6.78. The number of hydrogen-bond donors (Lipinski definition) is 2. The zero-order valence-electron chi connectivity index (χ0n) is 16.6. The molecule has 0 aliphatic rings. The third-order valence-corrected chi connectivity index (χ3v) is 4.82. The normalized spacial score (nSPS) is 11.2. The maximum absolute atomic E-state index is 13.8. The Morgan fingerprint density at radius 1 is 0.935 bits per heavy atom. The predicted octanol–water partition coefficient (Wildman–Crippen LogP) is 5.08. The van der Waals surface area contributed by atoms with Crippen LogP contribution in [0.4, 0.5) is 10.1 Å². The molecule has 4 rings (SSSR count). The highest BCUT2D eigenvalue weighted by Gasteiger charge is 2.08. The average molecular weight is 430 g/mol. The van der Waals surface area contributed by atoms with Gasteiger partial charge in [0.25, 0.3) is 0 Å². The van der Waals surface area contributed by atoms with Crippen LogP contribution in [-0.4, -0.2) is 20.4 Å². The van der Waals surface area contributed by atoms with Gasteiger partial charge in [0.15, 0.2) is 5.11 Å². The summed E-state index contributed by atoms with van der Waals surface area (Å²) in [6.07, 6.45) is 5.31. The third kappa shape index (κ3) is 5.40. The highest BCUT2D eigenvalue weighted by Crippen LogP contribution is 2.20. The topological polar surface area (TPSA) is 54.2 Å². The molecule has 1 heterocycles. The molecule has 0 fully saturated rings. The molecule has 0 radical (unpaired) electrons. The summed E-state index contributed by atoms with van der Waals surface area (Å²) >= 11 is 5.28. The van der Waals surface area contributed by atoms with Crippen molar-refractivity contribution in [3.63, 3.8) is 0 Å². The van der Waals surface area contributed by atoms with E-state index < -0.39 is 0 Å². The smallest absolute Gasteiger partial charge is 0.191 e. The first-order valence-corrected chi connectivity index (χ1v) is 10.1. The van der Waals surface area contributed by atoms with Crippen molar-refractivity contribution < 1.29 is 4.39 Å². The van der Waals surface area contributed by atoms with Crippen molar-refractivity contribution in [2.45, 2.75) is 6.54 Å². The number of hydrogen-bond acceptors (Lipinski definition) is 3. The molecule has 0 aliphatic carbocycles. The van der Waals surface area contributed by atoms with E-state index >= 15 is 0 Å². The summed E-state index contributed by atoms with van der Waals surface area (Å²) in [5.74, 6) is -0.384. The van der Waals surface area contributed by atoms with Crippen molar-refractivity contribution >= 4 is 28.7 Å². The summed E-state index contributed by atoms with van der Waals surface area (Å²) in [5, 5.41) is 7.52. The molecule has 7 heteroatoms. The fraction of sp³-hybridized carbons (Fsp3) is 0.0417. The van der Waals surface area contributed by atoms with Crippen LogP contribution < -0.4 is 10.7 Å². The van der Waals surface area contributed by atoms with Crippen molar-refractivity contribution in [2.75, 3.05) is 5.32 Å². The van der Waals surface area contributed by atoms with Crippen LogP contribution in [0, 0.1) is 5.82 Å². The molecule has 0 aliphatic heterocycles. The van der Waals surface area contributed by atoms with Crippen molar-refractivity contribution in [1.82, 2.24) is 15.0 Å². The van der Waals surface area contributed by atoms with Crippen LogP contribution in [0.3, 0.4) is 0 Å². The zero-order chi connectivity index (χ0) is 21.5. The van der Waals surface area contributed by atoms with E-state index in [1.807, 2.05) is 41.1 Å². The number of hydrazone groups is 1. The fourth-order valence-electron chi connectivity index (χ4n) is 3.06. The van der Waals surface area contributed by atoms with Crippen molar-refractivity contribution in [3.8, 4) is 11.1 Å². The van der Waals surface area contributed by atoms with Gasteiger partial charge in [0.05, 0.1) is 24.3 Å². The molecule has 0 spiro atoms. The van der Waals surface area contributed by atoms with Gasteiger partial charge in [-0.25, -0.2) is 9.37 Å². The summed E-state index contributed by atoms with van der Waals surface area (Å²) in [6, 6.07) is 24.7. The van der Waals surface area contributed by atoms with Gasteiger partial charge in [0.1, 0.15) is 5.82 Å². The molecule has 0 saturated carbocycles. The predicted molar refractivity (Wildman–Crippen MR) is 126 cm³/mol. The number of thiocarbonyl (C=S) groups is 1. The first-order valence-electron chi connectivity index (χ1n) is 9.69. The number of rotatable bonds is 6. The molecule has 2 N–H and O–H groups in total. The van der Waals surface area contributed by atoms with Crippen molar-refractivity contribution in [3.05, 3.63) is 109 Å². The Hall–Kier alpha value is -3.84. The molecule has 0 amide bonds. The SMILES string of the molecule is Fc1ccccc1NC(=S)N/N=C(/Cn1ccnc1)c1ccc(-c2ccccc2)cc1. The first kappa shape index (κ1) is 20.4. The second kappa shape index (κ2) is 9.77. The maximum Gasteiger partial charge on any atom is 0.191 e. The number of aromatic nitrogens is 2. The van der Waals surface area contributed by atoms with E-state index in [2.05, 4.69) is 45.1 Å². The highest BCUT2D eigenvalue weighted by molar-refractivity contribution is 7.80. The van der Waals surface area contributed by atoms with E-state index in [9.17, 15) is 4.39 Å². The molecule has 3 aromatic carbocycles. The Balaban J connectivity index is 1.54. The Bertz CT molecular complexity index is 1170. The lowest BCUT2D eigenvalue weighted by Crippen LogP contribution is -2.26. The lowest BCUT2D eigenvalue weighted by molar-refractivity contribution is 0.632. The van der Waals surface area contributed by atoms with Gasteiger partial charge in [-0.05, 0) is 41.0 Å². The Kier molecular flexibility index (Phi) is 6.44. The summed E-state index contributed by atoms with van der Waals surface area (Å²) < 4.78 is 15.8. The molecule has 5 nitrogen and oxygen atoms in total. The minimum absolute atomic E-state index is 0.203. The zero-order valence-corrected chi connectivity index (χ0v) is 17.4. The van der Waals surface area contributed by atoms with Crippen LogP contribution in [0.2, 0.25) is 0 Å². The summed E-state index contributed by atoms with van der Waals surface area (Å²) in [6.45, 7) is 0.500. The number of halogens is 1. The fourth-order valence-corrected chi connectivity index (χ4v) is 3.22. The molecular formula is C24H20FN5S. The van der Waals surface area contributed by atoms with E-state index in [1.165, 1.54) is 6.07 Å². The van der Waals surface area contributed by atoms with E-state index in [1.54, 1.807) is 30.7 Å². The van der Waals surface area contributed by atoms with Crippen LogP contribution in [0.25, 0.3) is 11.1 Å². The van der Waals surface area contributed by atoms with Gasteiger partial charge in [0, 0.05) is 12.4 Å². The van der Waals surface area contributed by atoms with Gasteiger partial charge in [-0.1, -0.05) is 66.7 Å². The van der Waals surface area contributed by atoms with Crippen LogP contribution in [0.5, 0.6) is 0 Å². The van der Waals surface area contributed by atoms with E-state index in [4.69, 9.17) is 12.2 Å². The number of nitrogens with one attached hydrogen (secondary N) is 2. The molecule has 0 atom stereocenters. The Morgan fingerprint density at radius 3 is 2.35 bits per heavy atom. The number of nitrogens with zero attached hydrogens (tertiary/aromatic N) is 3. The van der Waals surface area contributed by atoms with Gasteiger partial charge in [-0.2, -0.15) is 5.10 Å². The minimum atomic E-state index is -0.384. The summed E-state index contributed by atoms with van der Waals surface area (Å²) in [4.78, 5) is 4.09. The second-order valence-corrected chi connectivity index (χ2v) is 7.19. The van der Waals surface area contributed by atoms with E-state index in [0.29, 0.717) is 12.2 Å². The van der Waals surface area contributed by atoms with Gasteiger partial charge in [0.2, 0.25) is 0 Å². The number of benzene rings is 3. The van der Waals surface area contributed by atoms with Gasteiger partial charge < -0.3 is 9.88 Å². The molecule has 1 aromatic heterocycles. The van der Waals surface area contributed by atoms with Gasteiger partial charge in [-0.15, -0.1) is 0 Å². The van der Waals surface area contributed by atoms with Crippen LogP contribution in [0.15, 0.2) is 103 Å². The number of anilines is 1. The number of para-hydroxylation sites is 1. The lowest BCUT2D eigenvalue weighted by atomic mass is 10.0. The van der Waals surface area contributed by atoms with Crippen molar-refractivity contribution in [1.29, 1.82) is 0 Å². The molecule has 31 heavy (non-hydrogen) atoms. The monoisotopic (exact) mass is 429 g/mol. The largest absolute Gasteiger partial charge is 0.331 e. The summed E-state index contributed by atoms with van der Waals surface area (Å²) in [7, 11) is 0. The Labute approximate surface area is 185 Å². The summed E-state index contributed by atoms with van der Waals surface area (Å²) in [5.41, 5.74) is 7.08. The molecule has 154 valence electrons. The maximum atomic E-state index is 13.8. The highest BCUT2D eigenvalue weighted by atomic mass is 32.1. The lowest BCUT2D eigenvalue weighted by Gasteiger charge is -2.12. The van der Waals surface area contributed by atoms with E-state index in [-0.39, 0.29) is 10.9 Å². The first-order chi connectivity index (χ1) is 15.2. The average Bonchev–Trinajstić information content (AvgIpc) is 3.32. The molecule has 0 bridgehead atoms. The van der Waals surface area contributed by atoms with Crippen LogP contribution >= 0.6 is 12.2 Å². The standard InChI is InChI=1S/C24H20FN5S/c25-21-8-4-5-9-22(21)27-24(31)29-28-23(16-30-15-14-26-17-30)20-12-10-19(11-13-20)18-6-2-1-3-7-18/h1-15,17H,16H2,(H2,27,29,31)/b28-23-. The van der Waals surface area contributed by atoms with E-state index in [0.717, 1.165) is 22.4 Å². The van der Waals surface area contributed by atoms with Gasteiger partial charge in [-0.3, -0.25) is 5.43 Å². The minimum Gasteiger partial charge on any atom is -0.331 e. The van der Waals surface area contributed by atoms with Gasteiger partial charge >= 0.3 is 0 Å².